The Morgan fingerprint density at radius 1 is 1.18 bits per heavy atom. The summed E-state index contributed by atoms with van der Waals surface area (Å²) in [5, 5.41) is 5.23. The summed E-state index contributed by atoms with van der Waals surface area (Å²) in [6.45, 7) is 1.91. The van der Waals surface area contributed by atoms with E-state index in [1.807, 2.05) is 43.3 Å². The maximum atomic E-state index is 12.7. The molecule has 0 amide bonds. The number of allylic oxidation sites excluding steroid dienone is 1. The molecule has 0 spiro atoms. The van der Waals surface area contributed by atoms with Crippen LogP contribution in [0.1, 0.15) is 18.1 Å². The number of para-hydroxylation sites is 1. The average Bonchev–Trinajstić information content (AvgIpc) is 3.27. The summed E-state index contributed by atoms with van der Waals surface area (Å²) in [5.41, 5.74) is 10.6. The molecule has 0 saturated heterocycles. The zero-order valence-corrected chi connectivity index (χ0v) is 15.6. The lowest BCUT2D eigenvalue weighted by Crippen LogP contribution is -2.17. The molecule has 1 aliphatic rings. The minimum Gasteiger partial charge on any atom is -0.383 e. The number of rotatable bonds is 2. The minimum absolute atomic E-state index is 0.256. The van der Waals surface area contributed by atoms with Gasteiger partial charge in [0.15, 0.2) is 0 Å². The molecule has 5 rings (SSSR count). The van der Waals surface area contributed by atoms with Crippen LogP contribution in [0, 0.1) is 0 Å². The minimum atomic E-state index is -0.386. The lowest BCUT2D eigenvalue weighted by Gasteiger charge is -2.04. The number of nitrogens with zero attached hydrogens (tertiary/aromatic N) is 5. The van der Waals surface area contributed by atoms with Crippen molar-refractivity contribution in [3.8, 4) is 10.6 Å². The average molecular weight is 386 g/mol. The van der Waals surface area contributed by atoms with Gasteiger partial charge >= 0.3 is 0 Å². The molecule has 4 aromatic rings. The fourth-order valence-electron chi connectivity index (χ4n) is 3.18. The van der Waals surface area contributed by atoms with Crippen molar-refractivity contribution in [1.29, 1.82) is 0 Å². The SMILES string of the molecule is CC1=Nc2ccccc2/C1=C/c1c(N)n2nc(-c3cccnc3)sc2nc1=O. The molecule has 0 fully saturated rings. The first-order chi connectivity index (χ1) is 13.6. The van der Waals surface area contributed by atoms with E-state index in [1.165, 1.54) is 15.9 Å². The number of aliphatic imine (C=N–C) groups is 1. The largest absolute Gasteiger partial charge is 0.383 e. The van der Waals surface area contributed by atoms with Crippen molar-refractivity contribution in [3.05, 3.63) is 70.3 Å². The number of fused-ring (bicyclic) bond motifs is 2. The molecular weight excluding hydrogens is 372 g/mol. The van der Waals surface area contributed by atoms with Gasteiger partial charge in [-0.1, -0.05) is 29.5 Å². The number of aromatic nitrogens is 4. The van der Waals surface area contributed by atoms with E-state index in [-0.39, 0.29) is 11.4 Å². The van der Waals surface area contributed by atoms with Gasteiger partial charge in [0, 0.05) is 34.8 Å². The number of nitrogen functional groups attached to an aromatic ring is 1. The zero-order valence-electron chi connectivity index (χ0n) is 14.8. The van der Waals surface area contributed by atoms with Gasteiger partial charge in [0.1, 0.15) is 10.8 Å². The van der Waals surface area contributed by atoms with Gasteiger partial charge in [0.05, 0.1) is 11.3 Å². The standard InChI is InChI=1S/C20H14N6OS/c1-11-14(13-6-2-3-7-16(13)23-11)9-15-17(21)26-20(24-18(15)27)28-19(25-26)12-5-4-8-22-10-12/h2-10H,21H2,1H3/b14-9+. The second kappa shape index (κ2) is 6.21. The molecule has 1 aliphatic heterocycles. The maximum Gasteiger partial charge on any atom is 0.283 e. The Morgan fingerprint density at radius 2 is 2.04 bits per heavy atom. The predicted octanol–water partition coefficient (Wildman–Crippen LogP) is 3.44. The van der Waals surface area contributed by atoms with E-state index in [2.05, 4.69) is 20.1 Å². The highest BCUT2D eigenvalue weighted by Crippen LogP contribution is 2.36. The molecule has 0 aliphatic carbocycles. The Balaban J connectivity index is 1.69. The lowest BCUT2D eigenvalue weighted by molar-refractivity contribution is 0.944. The van der Waals surface area contributed by atoms with Crippen LogP contribution < -0.4 is 11.3 Å². The lowest BCUT2D eigenvalue weighted by atomic mass is 10.0. The number of anilines is 1. The van der Waals surface area contributed by atoms with Crippen LogP contribution >= 0.6 is 11.3 Å². The Bertz CT molecular complexity index is 1350. The van der Waals surface area contributed by atoms with Gasteiger partial charge in [0.2, 0.25) is 4.96 Å². The highest BCUT2D eigenvalue weighted by atomic mass is 32.1. The first-order valence-electron chi connectivity index (χ1n) is 8.58. The predicted molar refractivity (Wildman–Crippen MR) is 112 cm³/mol. The van der Waals surface area contributed by atoms with Gasteiger partial charge < -0.3 is 5.73 Å². The van der Waals surface area contributed by atoms with E-state index >= 15 is 0 Å². The highest BCUT2D eigenvalue weighted by Gasteiger charge is 2.20. The molecule has 8 heteroatoms. The summed E-state index contributed by atoms with van der Waals surface area (Å²) in [6.07, 6.45) is 5.16. The van der Waals surface area contributed by atoms with Crippen LogP contribution in [0.4, 0.5) is 11.5 Å². The van der Waals surface area contributed by atoms with Gasteiger partial charge in [-0.25, -0.2) is 0 Å². The van der Waals surface area contributed by atoms with Crippen LogP contribution in [-0.2, 0) is 0 Å². The molecule has 1 aromatic carbocycles. The molecule has 2 N–H and O–H groups in total. The Labute approximate surface area is 163 Å². The van der Waals surface area contributed by atoms with E-state index in [0.29, 0.717) is 15.5 Å². The van der Waals surface area contributed by atoms with E-state index in [4.69, 9.17) is 5.73 Å². The number of hydrogen-bond donors (Lipinski definition) is 1. The molecule has 0 radical (unpaired) electrons. The van der Waals surface area contributed by atoms with Gasteiger partial charge in [-0.05, 0) is 31.2 Å². The van der Waals surface area contributed by atoms with Crippen LogP contribution in [0.5, 0.6) is 0 Å². The smallest absolute Gasteiger partial charge is 0.283 e. The van der Waals surface area contributed by atoms with Crippen molar-refractivity contribution in [2.75, 3.05) is 5.73 Å². The maximum absolute atomic E-state index is 12.7. The zero-order chi connectivity index (χ0) is 19.3. The van der Waals surface area contributed by atoms with Gasteiger partial charge in [-0.2, -0.15) is 14.6 Å². The summed E-state index contributed by atoms with van der Waals surface area (Å²) in [5.74, 6) is 0.256. The third-order valence-corrected chi connectivity index (χ3v) is 5.52. The van der Waals surface area contributed by atoms with Gasteiger partial charge in [-0.3, -0.25) is 14.8 Å². The normalized spacial score (nSPS) is 14.5. The molecule has 4 heterocycles. The summed E-state index contributed by atoms with van der Waals surface area (Å²) in [7, 11) is 0. The molecular formula is C20H14N6OS. The molecule has 28 heavy (non-hydrogen) atoms. The van der Waals surface area contributed by atoms with Crippen molar-refractivity contribution in [2.24, 2.45) is 4.99 Å². The molecule has 0 unspecified atom stereocenters. The second-order valence-electron chi connectivity index (χ2n) is 6.33. The first-order valence-corrected chi connectivity index (χ1v) is 9.40. The number of benzene rings is 1. The number of nitrogens with two attached hydrogens (primary N) is 1. The number of pyridine rings is 1. The van der Waals surface area contributed by atoms with Crippen molar-refractivity contribution >= 4 is 45.2 Å². The number of hydrogen-bond acceptors (Lipinski definition) is 7. The van der Waals surface area contributed by atoms with Gasteiger partial charge in [-0.15, -0.1) is 0 Å². The fraction of sp³-hybridized carbons (Fsp3) is 0.0500. The topological polar surface area (TPSA) is 98.5 Å². The van der Waals surface area contributed by atoms with E-state index in [1.54, 1.807) is 18.5 Å². The van der Waals surface area contributed by atoms with Crippen molar-refractivity contribution < 1.29 is 0 Å². The van der Waals surface area contributed by atoms with Crippen LogP contribution in [0.25, 0.3) is 27.2 Å². The highest BCUT2D eigenvalue weighted by molar-refractivity contribution is 7.19. The molecule has 7 nitrogen and oxygen atoms in total. The molecule has 3 aromatic heterocycles. The molecule has 0 atom stereocenters. The van der Waals surface area contributed by atoms with Crippen molar-refractivity contribution in [3.63, 3.8) is 0 Å². The summed E-state index contributed by atoms with van der Waals surface area (Å²) in [6, 6.07) is 11.5. The van der Waals surface area contributed by atoms with Crippen molar-refractivity contribution in [2.45, 2.75) is 6.92 Å². The monoisotopic (exact) mass is 386 g/mol. The third kappa shape index (κ3) is 2.54. The van der Waals surface area contributed by atoms with Gasteiger partial charge in [0.25, 0.3) is 5.56 Å². The van der Waals surface area contributed by atoms with Crippen LogP contribution in [0.3, 0.4) is 0 Å². The summed E-state index contributed by atoms with van der Waals surface area (Å²) < 4.78 is 1.51. The Kier molecular flexibility index (Phi) is 3.66. The Hall–Kier alpha value is -3.65. The van der Waals surface area contributed by atoms with E-state index < -0.39 is 0 Å². The Morgan fingerprint density at radius 3 is 2.86 bits per heavy atom. The first kappa shape index (κ1) is 16.5. The van der Waals surface area contributed by atoms with Crippen LogP contribution in [0.15, 0.2) is 58.6 Å². The van der Waals surface area contributed by atoms with E-state index in [9.17, 15) is 4.79 Å². The van der Waals surface area contributed by atoms with Crippen LogP contribution in [-0.4, -0.2) is 25.3 Å². The van der Waals surface area contributed by atoms with E-state index in [0.717, 1.165) is 28.1 Å². The second-order valence-corrected chi connectivity index (χ2v) is 7.29. The summed E-state index contributed by atoms with van der Waals surface area (Å²) in [4.78, 5) is 26.0. The van der Waals surface area contributed by atoms with Crippen molar-refractivity contribution in [1.82, 2.24) is 19.6 Å². The van der Waals surface area contributed by atoms with Crippen LogP contribution in [0.2, 0.25) is 0 Å². The fourth-order valence-corrected chi connectivity index (χ4v) is 4.07. The molecule has 136 valence electrons. The quantitative estimate of drug-likeness (QED) is 0.569. The molecule has 0 bridgehead atoms. The third-order valence-electron chi connectivity index (χ3n) is 4.56. The molecule has 0 saturated carbocycles. The summed E-state index contributed by atoms with van der Waals surface area (Å²) >= 11 is 1.30.